The predicted octanol–water partition coefficient (Wildman–Crippen LogP) is 1.26. The van der Waals surface area contributed by atoms with E-state index in [1.165, 1.54) is 23.5 Å². The van der Waals surface area contributed by atoms with E-state index in [0.29, 0.717) is 10.7 Å². The first-order chi connectivity index (χ1) is 8.48. The summed E-state index contributed by atoms with van der Waals surface area (Å²) in [5.41, 5.74) is 1.41. The standard InChI is InChI=1S/C10H7N3O3S2/c11-5-10-13-9(6-17-10)7-1-3-8(4-2-7)16-18(12,14)15/h1-4,6H,(H2,12,14,15). The first-order valence-corrected chi connectivity index (χ1v) is 7.01. The Morgan fingerprint density at radius 3 is 2.50 bits per heavy atom. The van der Waals surface area contributed by atoms with E-state index in [9.17, 15) is 8.42 Å². The van der Waals surface area contributed by atoms with Crippen molar-refractivity contribution in [2.75, 3.05) is 0 Å². The molecule has 2 rings (SSSR count). The van der Waals surface area contributed by atoms with Crippen LogP contribution in [0.25, 0.3) is 11.3 Å². The van der Waals surface area contributed by atoms with Gasteiger partial charge in [-0.15, -0.1) is 11.3 Å². The Morgan fingerprint density at radius 2 is 2.00 bits per heavy atom. The first kappa shape index (κ1) is 12.5. The Balaban J connectivity index is 2.25. The summed E-state index contributed by atoms with van der Waals surface area (Å²) in [6, 6.07) is 8.14. The van der Waals surface area contributed by atoms with Crippen LogP contribution in [-0.4, -0.2) is 13.4 Å². The third kappa shape index (κ3) is 3.04. The van der Waals surface area contributed by atoms with Crippen molar-refractivity contribution >= 4 is 21.6 Å². The number of nitrogens with two attached hydrogens (primary N) is 1. The highest BCUT2D eigenvalue weighted by atomic mass is 32.2. The first-order valence-electron chi connectivity index (χ1n) is 4.66. The highest BCUT2D eigenvalue weighted by Gasteiger charge is 2.07. The van der Waals surface area contributed by atoms with Crippen LogP contribution >= 0.6 is 11.3 Å². The summed E-state index contributed by atoms with van der Waals surface area (Å²) in [6.45, 7) is 0. The van der Waals surface area contributed by atoms with Crippen LogP contribution in [0.15, 0.2) is 29.6 Å². The second kappa shape index (κ2) is 4.73. The molecule has 0 aliphatic heterocycles. The lowest BCUT2D eigenvalue weighted by atomic mass is 10.2. The third-order valence-corrected chi connectivity index (χ3v) is 3.13. The molecule has 2 N–H and O–H groups in total. The van der Waals surface area contributed by atoms with E-state index in [1.807, 2.05) is 6.07 Å². The summed E-state index contributed by atoms with van der Waals surface area (Å²) in [5, 5.41) is 15.5. The van der Waals surface area contributed by atoms with E-state index < -0.39 is 10.3 Å². The zero-order valence-electron chi connectivity index (χ0n) is 8.90. The van der Waals surface area contributed by atoms with Crippen molar-refractivity contribution in [1.29, 1.82) is 5.26 Å². The SMILES string of the molecule is N#Cc1nc(-c2ccc(OS(N)(=O)=O)cc2)cs1. The molecule has 1 heterocycles. The molecule has 0 amide bonds. The van der Waals surface area contributed by atoms with E-state index in [2.05, 4.69) is 9.17 Å². The molecule has 0 fully saturated rings. The Kier molecular flexibility index (Phi) is 3.29. The normalized spacial score (nSPS) is 10.9. The number of hydrogen-bond donors (Lipinski definition) is 1. The van der Waals surface area contributed by atoms with E-state index in [-0.39, 0.29) is 5.75 Å². The van der Waals surface area contributed by atoms with Crippen LogP contribution in [0.4, 0.5) is 0 Å². The van der Waals surface area contributed by atoms with Gasteiger partial charge in [0, 0.05) is 10.9 Å². The van der Waals surface area contributed by atoms with Crippen LogP contribution in [0.2, 0.25) is 0 Å². The Morgan fingerprint density at radius 1 is 1.33 bits per heavy atom. The van der Waals surface area contributed by atoms with Crippen molar-refractivity contribution in [3.05, 3.63) is 34.7 Å². The highest BCUT2D eigenvalue weighted by Crippen LogP contribution is 2.24. The van der Waals surface area contributed by atoms with Crippen LogP contribution in [-0.2, 0) is 10.3 Å². The minimum atomic E-state index is -4.01. The number of nitriles is 1. The van der Waals surface area contributed by atoms with Crippen LogP contribution in [0, 0.1) is 11.3 Å². The van der Waals surface area contributed by atoms with Gasteiger partial charge >= 0.3 is 10.3 Å². The molecular formula is C10H7N3O3S2. The second-order valence-corrected chi connectivity index (χ2v) is 5.26. The number of thiazole rings is 1. The van der Waals surface area contributed by atoms with Crippen molar-refractivity contribution in [3.63, 3.8) is 0 Å². The summed E-state index contributed by atoms with van der Waals surface area (Å²) in [5.74, 6) is 0.122. The molecule has 1 aromatic heterocycles. The van der Waals surface area contributed by atoms with Gasteiger partial charge in [0.25, 0.3) is 0 Å². The maximum absolute atomic E-state index is 10.7. The van der Waals surface area contributed by atoms with E-state index in [1.54, 1.807) is 17.5 Å². The highest BCUT2D eigenvalue weighted by molar-refractivity contribution is 7.84. The summed E-state index contributed by atoms with van der Waals surface area (Å²) < 4.78 is 25.9. The van der Waals surface area contributed by atoms with Gasteiger partial charge in [-0.2, -0.15) is 18.8 Å². The van der Waals surface area contributed by atoms with E-state index in [0.717, 1.165) is 5.56 Å². The third-order valence-electron chi connectivity index (χ3n) is 1.96. The minimum absolute atomic E-state index is 0.122. The lowest BCUT2D eigenvalue weighted by Crippen LogP contribution is -2.18. The maximum atomic E-state index is 10.7. The average Bonchev–Trinajstić information content (AvgIpc) is 2.76. The minimum Gasteiger partial charge on any atom is -0.371 e. The molecule has 18 heavy (non-hydrogen) atoms. The molecule has 0 unspecified atom stereocenters. The largest absolute Gasteiger partial charge is 0.380 e. The lowest BCUT2D eigenvalue weighted by Gasteiger charge is -2.02. The predicted molar refractivity (Wildman–Crippen MR) is 66.0 cm³/mol. The fourth-order valence-corrected chi connectivity index (χ4v) is 2.27. The molecule has 0 spiro atoms. The lowest BCUT2D eigenvalue weighted by molar-refractivity contribution is 0.488. The Hall–Kier alpha value is -1.95. The van der Waals surface area contributed by atoms with Gasteiger partial charge in [-0.25, -0.2) is 4.98 Å². The topological polar surface area (TPSA) is 106 Å². The van der Waals surface area contributed by atoms with Crippen molar-refractivity contribution in [1.82, 2.24) is 4.98 Å². The van der Waals surface area contributed by atoms with Gasteiger partial charge < -0.3 is 4.18 Å². The van der Waals surface area contributed by atoms with Gasteiger partial charge in [-0.3, -0.25) is 0 Å². The molecular weight excluding hydrogens is 274 g/mol. The molecule has 1 aromatic carbocycles. The van der Waals surface area contributed by atoms with Crippen molar-refractivity contribution in [2.24, 2.45) is 5.14 Å². The van der Waals surface area contributed by atoms with Crippen LogP contribution in [0.3, 0.4) is 0 Å². The summed E-state index contributed by atoms with van der Waals surface area (Å²) in [6.07, 6.45) is 0. The monoisotopic (exact) mass is 281 g/mol. The molecule has 0 saturated heterocycles. The van der Waals surface area contributed by atoms with Crippen molar-refractivity contribution < 1.29 is 12.6 Å². The number of aromatic nitrogens is 1. The molecule has 2 aromatic rings. The molecule has 0 aliphatic rings. The molecule has 0 aliphatic carbocycles. The van der Waals surface area contributed by atoms with Gasteiger partial charge in [0.1, 0.15) is 11.8 Å². The average molecular weight is 281 g/mol. The van der Waals surface area contributed by atoms with Gasteiger partial charge in [0.15, 0.2) is 5.01 Å². The molecule has 0 radical (unpaired) electrons. The van der Waals surface area contributed by atoms with E-state index in [4.69, 9.17) is 10.4 Å². The number of benzene rings is 1. The van der Waals surface area contributed by atoms with Gasteiger partial charge in [-0.05, 0) is 24.3 Å². The molecule has 0 bridgehead atoms. The molecule has 0 saturated carbocycles. The van der Waals surface area contributed by atoms with Gasteiger partial charge in [0.05, 0.1) is 5.69 Å². The molecule has 92 valence electrons. The maximum Gasteiger partial charge on any atom is 0.380 e. The Bertz CT molecular complexity index is 699. The molecule has 0 atom stereocenters. The number of hydrogen-bond acceptors (Lipinski definition) is 6. The fraction of sp³-hybridized carbons (Fsp3) is 0. The van der Waals surface area contributed by atoms with Crippen molar-refractivity contribution in [3.8, 4) is 23.1 Å². The zero-order chi connectivity index (χ0) is 13.2. The van der Waals surface area contributed by atoms with Crippen LogP contribution in [0.5, 0.6) is 5.75 Å². The summed E-state index contributed by atoms with van der Waals surface area (Å²) >= 11 is 1.24. The van der Waals surface area contributed by atoms with E-state index >= 15 is 0 Å². The molecule has 8 heteroatoms. The molecule has 6 nitrogen and oxygen atoms in total. The number of nitrogens with zero attached hydrogens (tertiary/aromatic N) is 2. The zero-order valence-corrected chi connectivity index (χ0v) is 10.5. The second-order valence-electron chi connectivity index (χ2n) is 3.25. The van der Waals surface area contributed by atoms with Gasteiger partial charge in [0.2, 0.25) is 0 Å². The summed E-state index contributed by atoms with van der Waals surface area (Å²) in [7, 11) is -4.01. The fourth-order valence-electron chi connectivity index (χ4n) is 1.27. The summed E-state index contributed by atoms with van der Waals surface area (Å²) in [4.78, 5) is 4.08. The van der Waals surface area contributed by atoms with Crippen molar-refractivity contribution in [2.45, 2.75) is 0 Å². The van der Waals surface area contributed by atoms with Crippen LogP contribution < -0.4 is 9.32 Å². The van der Waals surface area contributed by atoms with Gasteiger partial charge in [-0.1, -0.05) is 0 Å². The Labute approximate surface area is 108 Å². The number of rotatable bonds is 3. The quantitative estimate of drug-likeness (QED) is 0.911. The van der Waals surface area contributed by atoms with Crippen LogP contribution in [0.1, 0.15) is 5.01 Å². The smallest absolute Gasteiger partial charge is 0.371 e.